The predicted octanol–water partition coefficient (Wildman–Crippen LogP) is 3.21. The van der Waals surface area contributed by atoms with Crippen molar-refractivity contribution >= 4 is 22.9 Å². The van der Waals surface area contributed by atoms with E-state index in [4.69, 9.17) is 4.74 Å². The Morgan fingerprint density at radius 2 is 1.88 bits per heavy atom. The average molecular weight is 360 g/mol. The maximum atomic E-state index is 12.7. The van der Waals surface area contributed by atoms with Gasteiger partial charge in [-0.25, -0.2) is 9.67 Å². The standard InChI is InChI=1S/C19H28N4O3/c1-11(2)16-9-14(15-10-21-23(12(3)4)18(15)22-16)19(25)20-8-7-17(24)26-13(5)6/h9-13H,7-8H2,1-6H3,(H,20,25). The molecule has 0 aliphatic carbocycles. The molecule has 7 heteroatoms. The summed E-state index contributed by atoms with van der Waals surface area (Å²) < 4.78 is 6.89. The summed E-state index contributed by atoms with van der Waals surface area (Å²) >= 11 is 0. The second-order valence-corrected chi connectivity index (χ2v) is 7.21. The lowest BCUT2D eigenvalue weighted by atomic mass is 10.0. The van der Waals surface area contributed by atoms with E-state index < -0.39 is 0 Å². The topological polar surface area (TPSA) is 86.1 Å². The summed E-state index contributed by atoms with van der Waals surface area (Å²) in [6.45, 7) is 11.9. The lowest BCUT2D eigenvalue weighted by molar-refractivity contribution is -0.147. The minimum absolute atomic E-state index is 0.139. The van der Waals surface area contributed by atoms with Crippen molar-refractivity contribution in [2.24, 2.45) is 0 Å². The van der Waals surface area contributed by atoms with Gasteiger partial charge in [0.2, 0.25) is 0 Å². The fraction of sp³-hybridized carbons (Fsp3) is 0.579. The number of rotatable bonds is 7. The van der Waals surface area contributed by atoms with E-state index in [9.17, 15) is 9.59 Å². The number of nitrogens with zero attached hydrogens (tertiary/aromatic N) is 3. The molecule has 0 aliphatic heterocycles. The van der Waals surface area contributed by atoms with Gasteiger partial charge in [-0.1, -0.05) is 13.8 Å². The number of esters is 1. The minimum Gasteiger partial charge on any atom is -0.463 e. The third-order valence-corrected chi connectivity index (χ3v) is 3.89. The van der Waals surface area contributed by atoms with Gasteiger partial charge in [0, 0.05) is 18.3 Å². The summed E-state index contributed by atoms with van der Waals surface area (Å²) in [6.07, 6.45) is 1.66. The van der Waals surface area contributed by atoms with Crippen LogP contribution in [0.4, 0.5) is 0 Å². The van der Waals surface area contributed by atoms with Crippen molar-refractivity contribution in [2.75, 3.05) is 6.54 Å². The third-order valence-electron chi connectivity index (χ3n) is 3.89. The first kappa shape index (κ1) is 19.9. The molecule has 0 aromatic carbocycles. The number of pyridine rings is 1. The number of nitrogens with one attached hydrogen (secondary N) is 1. The molecule has 0 bridgehead atoms. The molecular weight excluding hydrogens is 332 g/mol. The Labute approximate surface area is 154 Å². The second-order valence-electron chi connectivity index (χ2n) is 7.21. The molecule has 2 heterocycles. The number of hydrogen-bond donors (Lipinski definition) is 1. The maximum absolute atomic E-state index is 12.7. The van der Waals surface area contributed by atoms with E-state index in [1.54, 1.807) is 26.1 Å². The van der Waals surface area contributed by atoms with Gasteiger partial charge >= 0.3 is 5.97 Å². The number of fused-ring (bicyclic) bond motifs is 1. The number of aromatic nitrogens is 3. The Kier molecular flexibility index (Phi) is 6.34. The molecule has 2 rings (SSSR count). The molecule has 7 nitrogen and oxygen atoms in total. The molecular formula is C19H28N4O3. The number of amides is 1. The summed E-state index contributed by atoms with van der Waals surface area (Å²) in [5.74, 6) is -0.377. The van der Waals surface area contributed by atoms with Crippen molar-refractivity contribution < 1.29 is 14.3 Å². The smallest absolute Gasteiger partial charge is 0.307 e. The van der Waals surface area contributed by atoms with E-state index in [2.05, 4.69) is 15.4 Å². The highest BCUT2D eigenvalue weighted by Crippen LogP contribution is 2.24. The molecule has 1 amide bonds. The fourth-order valence-electron chi connectivity index (χ4n) is 2.59. The number of ether oxygens (including phenoxy) is 1. The molecule has 142 valence electrons. The third kappa shape index (κ3) is 4.59. The molecule has 0 aliphatic rings. The minimum atomic E-state index is -0.323. The molecule has 0 saturated heterocycles. The van der Waals surface area contributed by atoms with E-state index in [1.165, 1.54) is 0 Å². The normalized spacial score (nSPS) is 11.6. The predicted molar refractivity (Wildman–Crippen MR) is 100 cm³/mol. The van der Waals surface area contributed by atoms with E-state index >= 15 is 0 Å². The van der Waals surface area contributed by atoms with Crippen LogP contribution >= 0.6 is 0 Å². The van der Waals surface area contributed by atoms with Crippen LogP contribution in [-0.2, 0) is 9.53 Å². The van der Waals surface area contributed by atoms with Gasteiger partial charge in [-0.2, -0.15) is 5.10 Å². The van der Waals surface area contributed by atoms with Crippen molar-refractivity contribution in [3.63, 3.8) is 0 Å². The van der Waals surface area contributed by atoms with Gasteiger partial charge in [-0.05, 0) is 39.7 Å². The van der Waals surface area contributed by atoms with Crippen LogP contribution in [0.3, 0.4) is 0 Å². The molecule has 0 saturated carbocycles. The van der Waals surface area contributed by atoms with E-state index in [0.29, 0.717) is 16.6 Å². The Bertz CT molecular complexity index is 793. The largest absolute Gasteiger partial charge is 0.463 e. The fourth-order valence-corrected chi connectivity index (χ4v) is 2.59. The van der Waals surface area contributed by atoms with Crippen molar-refractivity contribution in [3.8, 4) is 0 Å². The van der Waals surface area contributed by atoms with Gasteiger partial charge in [0.1, 0.15) is 0 Å². The Balaban J connectivity index is 2.24. The molecule has 26 heavy (non-hydrogen) atoms. The van der Waals surface area contributed by atoms with Crippen molar-refractivity contribution in [1.82, 2.24) is 20.1 Å². The molecule has 0 radical (unpaired) electrons. The van der Waals surface area contributed by atoms with Gasteiger partial charge < -0.3 is 10.1 Å². The quantitative estimate of drug-likeness (QED) is 0.766. The first-order valence-electron chi connectivity index (χ1n) is 9.06. The number of hydrogen-bond acceptors (Lipinski definition) is 5. The van der Waals surface area contributed by atoms with Crippen LogP contribution in [0.25, 0.3) is 11.0 Å². The molecule has 2 aromatic rings. The SMILES string of the molecule is CC(C)OC(=O)CCNC(=O)c1cc(C(C)C)nc2c1cnn2C(C)C. The highest BCUT2D eigenvalue weighted by Gasteiger charge is 2.19. The molecule has 0 fully saturated rings. The average Bonchev–Trinajstić information content (AvgIpc) is 2.96. The zero-order valence-corrected chi connectivity index (χ0v) is 16.4. The van der Waals surface area contributed by atoms with Crippen LogP contribution in [0.5, 0.6) is 0 Å². The summed E-state index contributed by atoms with van der Waals surface area (Å²) in [5, 5.41) is 7.89. The molecule has 0 atom stereocenters. The zero-order valence-electron chi connectivity index (χ0n) is 16.4. The van der Waals surface area contributed by atoms with Crippen molar-refractivity contribution in [2.45, 2.75) is 66.0 Å². The zero-order chi connectivity index (χ0) is 19.4. The monoisotopic (exact) mass is 360 g/mol. The van der Waals surface area contributed by atoms with Gasteiger partial charge in [-0.15, -0.1) is 0 Å². The summed E-state index contributed by atoms with van der Waals surface area (Å²) in [6, 6.07) is 1.95. The van der Waals surface area contributed by atoms with Gasteiger partial charge in [0.15, 0.2) is 5.65 Å². The summed E-state index contributed by atoms with van der Waals surface area (Å²) in [7, 11) is 0. The lowest BCUT2D eigenvalue weighted by Gasteiger charge is -2.12. The van der Waals surface area contributed by atoms with Gasteiger partial charge in [-0.3, -0.25) is 9.59 Å². The Morgan fingerprint density at radius 1 is 1.19 bits per heavy atom. The highest BCUT2D eigenvalue weighted by molar-refractivity contribution is 6.05. The highest BCUT2D eigenvalue weighted by atomic mass is 16.5. The maximum Gasteiger partial charge on any atom is 0.307 e. The van der Waals surface area contributed by atoms with Crippen molar-refractivity contribution in [1.29, 1.82) is 0 Å². The molecule has 0 spiro atoms. The van der Waals surface area contributed by atoms with Crippen LogP contribution in [0, 0.1) is 0 Å². The van der Waals surface area contributed by atoms with Crippen LogP contribution in [-0.4, -0.2) is 39.3 Å². The second kappa shape index (κ2) is 8.29. The lowest BCUT2D eigenvalue weighted by Crippen LogP contribution is -2.27. The summed E-state index contributed by atoms with van der Waals surface area (Å²) in [5.41, 5.74) is 2.07. The molecule has 1 N–H and O–H groups in total. The van der Waals surface area contributed by atoms with Crippen molar-refractivity contribution in [3.05, 3.63) is 23.5 Å². The van der Waals surface area contributed by atoms with E-state index in [0.717, 1.165) is 5.69 Å². The number of carbonyl (C=O) groups is 2. The first-order valence-corrected chi connectivity index (χ1v) is 9.06. The molecule has 2 aromatic heterocycles. The van der Waals surface area contributed by atoms with E-state index in [1.807, 2.05) is 32.4 Å². The molecule has 0 unspecified atom stereocenters. The van der Waals surface area contributed by atoms with E-state index in [-0.39, 0.29) is 42.9 Å². The van der Waals surface area contributed by atoms with Gasteiger partial charge in [0.05, 0.1) is 29.7 Å². The van der Waals surface area contributed by atoms with Gasteiger partial charge in [0.25, 0.3) is 5.91 Å². The van der Waals surface area contributed by atoms with Crippen LogP contribution in [0.1, 0.15) is 76.0 Å². The Morgan fingerprint density at radius 3 is 2.46 bits per heavy atom. The van der Waals surface area contributed by atoms with Crippen LogP contribution in [0.15, 0.2) is 12.3 Å². The summed E-state index contributed by atoms with van der Waals surface area (Å²) in [4.78, 5) is 29.0. The Hall–Kier alpha value is -2.44. The van der Waals surface area contributed by atoms with Crippen LogP contribution in [0.2, 0.25) is 0 Å². The first-order chi connectivity index (χ1) is 12.2. The van der Waals surface area contributed by atoms with Crippen LogP contribution < -0.4 is 5.32 Å². The number of carbonyl (C=O) groups excluding carboxylic acids is 2.